The van der Waals surface area contributed by atoms with Gasteiger partial charge in [0, 0.05) is 11.7 Å². The second kappa shape index (κ2) is 5.33. The number of fused-ring (bicyclic) bond motifs is 1. The van der Waals surface area contributed by atoms with Gasteiger partial charge in [0.15, 0.2) is 5.78 Å². The molecular formula is C16H11BrFNO2. The van der Waals surface area contributed by atoms with Crippen molar-refractivity contribution in [3.05, 3.63) is 64.0 Å². The molecule has 0 amide bonds. The molecule has 3 aromatic rings. The van der Waals surface area contributed by atoms with Gasteiger partial charge in [-0.05, 0) is 40.2 Å². The van der Waals surface area contributed by atoms with Gasteiger partial charge in [-0.25, -0.2) is 4.39 Å². The largest absolute Gasteiger partial charge is 0.496 e. The Balaban J connectivity index is 2.21. The first-order valence-electron chi connectivity index (χ1n) is 6.26. The fraction of sp³-hybridized carbons (Fsp3) is 0.0625. The molecule has 5 heteroatoms. The Labute approximate surface area is 128 Å². The topological polar surface area (TPSA) is 42.1 Å². The third kappa shape index (κ3) is 2.23. The minimum atomic E-state index is -0.563. The lowest BCUT2D eigenvalue weighted by molar-refractivity contribution is 0.103. The molecule has 21 heavy (non-hydrogen) atoms. The van der Waals surface area contributed by atoms with E-state index in [2.05, 4.69) is 20.9 Å². The van der Waals surface area contributed by atoms with Crippen molar-refractivity contribution in [2.45, 2.75) is 0 Å². The van der Waals surface area contributed by atoms with Gasteiger partial charge in [-0.2, -0.15) is 0 Å². The molecule has 0 saturated carbocycles. The highest BCUT2D eigenvalue weighted by Gasteiger charge is 2.20. The standard InChI is InChI=1S/C16H11BrFNO2/c1-21-13-7-3-6-12-14(13)10(8-19-12)16(20)9-4-2-5-11(17)15(9)18/h2-8,19H,1H3. The predicted octanol–water partition coefficient (Wildman–Crippen LogP) is 4.31. The average Bonchev–Trinajstić information content (AvgIpc) is 2.93. The van der Waals surface area contributed by atoms with E-state index in [4.69, 9.17) is 4.74 Å². The summed E-state index contributed by atoms with van der Waals surface area (Å²) in [5.41, 5.74) is 1.18. The van der Waals surface area contributed by atoms with Crippen LogP contribution in [0.2, 0.25) is 0 Å². The number of ketones is 1. The summed E-state index contributed by atoms with van der Waals surface area (Å²) < 4.78 is 19.7. The van der Waals surface area contributed by atoms with E-state index in [0.29, 0.717) is 16.7 Å². The Kier molecular flexibility index (Phi) is 3.51. The highest BCUT2D eigenvalue weighted by Crippen LogP contribution is 2.31. The van der Waals surface area contributed by atoms with Crippen LogP contribution in [0.15, 0.2) is 47.1 Å². The predicted molar refractivity (Wildman–Crippen MR) is 82.4 cm³/mol. The van der Waals surface area contributed by atoms with Crippen LogP contribution in [0, 0.1) is 5.82 Å². The number of ether oxygens (including phenoxy) is 1. The number of halogens is 2. The smallest absolute Gasteiger partial charge is 0.198 e. The summed E-state index contributed by atoms with van der Waals surface area (Å²) in [5, 5.41) is 0.657. The minimum absolute atomic E-state index is 0.0242. The Bertz CT molecular complexity index is 841. The van der Waals surface area contributed by atoms with Crippen molar-refractivity contribution in [2.75, 3.05) is 7.11 Å². The van der Waals surface area contributed by atoms with Gasteiger partial charge in [0.25, 0.3) is 0 Å². The van der Waals surface area contributed by atoms with Crippen molar-refractivity contribution in [2.24, 2.45) is 0 Å². The number of rotatable bonds is 3. The zero-order chi connectivity index (χ0) is 15.0. The first kappa shape index (κ1) is 13.8. The van der Waals surface area contributed by atoms with Crippen molar-refractivity contribution < 1.29 is 13.9 Å². The number of H-pyrrole nitrogens is 1. The highest BCUT2D eigenvalue weighted by atomic mass is 79.9. The van der Waals surface area contributed by atoms with Crippen LogP contribution in [-0.2, 0) is 0 Å². The number of benzene rings is 2. The van der Waals surface area contributed by atoms with Crippen LogP contribution in [0.4, 0.5) is 4.39 Å². The Morgan fingerprint density at radius 3 is 2.71 bits per heavy atom. The number of hydrogen-bond acceptors (Lipinski definition) is 2. The number of methoxy groups -OCH3 is 1. The van der Waals surface area contributed by atoms with Gasteiger partial charge < -0.3 is 9.72 Å². The maximum Gasteiger partial charge on any atom is 0.198 e. The molecule has 1 aromatic heterocycles. The number of carbonyl (C=O) groups is 1. The quantitative estimate of drug-likeness (QED) is 0.717. The summed E-state index contributed by atoms with van der Waals surface area (Å²) >= 11 is 3.10. The summed E-state index contributed by atoms with van der Waals surface area (Å²) in [6.45, 7) is 0. The number of nitrogens with one attached hydrogen (secondary N) is 1. The fourth-order valence-electron chi connectivity index (χ4n) is 2.32. The zero-order valence-corrected chi connectivity index (χ0v) is 12.7. The summed E-state index contributed by atoms with van der Waals surface area (Å²) in [6, 6.07) is 10.1. The van der Waals surface area contributed by atoms with Crippen molar-refractivity contribution >= 4 is 32.6 Å². The number of hydrogen-bond donors (Lipinski definition) is 1. The van der Waals surface area contributed by atoms with Gasteiger partial charge in [0.05, 0.1) is 28.1 Å². The van der Waals surface area contributed by atoms with Crippen molar-refractivity contribution in [1.82, 2.24) is 4.98 Å². The maximum atomic E-state index is 14.1. The van der Waals surface area contributed by atoms with Crippen LogP contribution >= 0.6 is 15.9 Å². The molecule has 0 radical (unpaired) electrons. The molecule has 0 spiro atoms. The van der Waals surface area contributed by atoms with Gasteiger partial charge >= 0.3 is 0 Å². The first-order chi connectivity index (χ1) is 10.1. The molecule has 3 nitrogen and oxygen atoms in total. The van der Waals surface area contributed by atoms with Gasteiger partial charge in [-0.3, -0.25) is 4.79 Å². The van der Waals surface area contributed by atoms with Crippen LogP contribution in [0.3, 0.4) is 0 Å². The molecule has 0 aliphatic carbocycles. The van der Waals surface area contributed by atoms with Crippen LogP contribution < -0.4 is 4.74 Å². The van der Waals surface area contributed by atoms with E-state index in [0.717, 1.165) is 5.52 Å². The van der Waals surface area contributed by atoms with Crippen molar-refractivity contribution in [1.29, 1.82) is 0 Å². The van der Waals surface area contributed by atoms with Gasteiger partial charge in [-0.1, -0.05) is 12.1 Å². The maximum absolute atomic E-state index is 14.1. The Morgan fingerprint density at radius 2 is 1.95 bits per heavy atom. The highest BCUT2D eigenvalue weighted by molar-refractivity contribution is 9.10. The van der Waals surface area contributed by atoms with E-state index in [9.17, 15) is 9.18 Å². The third-order valence-corrected chi connectivity index (χ3v) is 3.94. The number of aromatic amines is 1. The molecule has 0 saturated heterocycles. The van der Waals surface area contributed by atoms with E-state index >= 15 is 0 Å². The van der Waals surface area contributed by atoms with Crippen molar-refractivity contribution in [3.63, 3.8) is 0 Å². The Morgan fingerprint density at radius 1 is 1.19 bits per heavy atom. The minimum Gasteiger partial charge on any atom is -0.496 e. The summed E-state index contributed by atoms with van der Waals surface area (Å²) in [4.78, 5) is 15.6. The van der Waals surface area contributed by atoms with Gasteiger partial charge in [0.2, 0.25) is 0 Å². The number of carbonyl (C=O) groups excluding carboxylic acids is 1. The SMILES string of the molecule is COc1cccc2[nH]cc(C(=O)c3cccc(Br)c3F)c12. The molecule has 0 bridgehead atoms. The molecular weight excluding hydrogens is 337 g/mol. The summed E-state index contributed by atoms with van der Waals surface area (Å²) in [7, 11) is 1.54. The van der Waals surface area contributed by atoms with Crippen LogP contribution in [0.25, 0.3) is 10.9 Å². The lowest BCUT2D eigenvalue weighted by Gasteiger charge is -2.06. The fourth-order valence-corrected chi connectivity index (χ4v) is 2.69. The molecule has 0 aliphatic rings. The number of aromatic nitrogens is 1. The van der Waals surface area contributed by atoms with Gasteiger partial charge in [-0.15, -0.1) is 0 Å². The molecule has 0 fully saturated rings. The molecule has 1 N–H and O–H groups in total. The normalized spacial score (nSPS) is 10.8. The van der Waals surface area contributed by atoms with Crippen LogP contribution in [-0.4, -0.2) is 17.9 Å². The van der Waals surface area contributed by atoms with Crippen LogP contribution in [0.5, 0.6) is 5.75 Å². The van der Waals surface area contributed by atoms with Gasteiger partial charge in [0.1, 0.15) is 11.6 Å². The second-order valence-corrected chi connectivity index (χ2v) is 5.37. The summed E-state index contributed by atoms with van der Waals surface area (Å²) in [6.07, 6.45) is 1.58. The van der Waals surface area contributed by atoms with E-state index in [1.807, 2.05) is 12.1 Å². The molecule has 0 aliphatic heterocycles. The molecule has 2 aromatic carbocycles. The second-order valence-electron chi connectivity index (χ2n) is 4.52. The molecule has 106 valence electrons. The monoisotopic (exact) mass is 347 g/mol. The first-order valence-corrected chi connectivity index (χ1v) is 7.05. The van der Waals surface area contributed by atoms with Crippen LogP contribution in [0.1, 0.15) is 15.9 Å². The lowest BCUT2D eigenvalue weighted by atomic mass is 10.0. The van der Waals surface area contributed by atoms with E-state index in [-0.39, 0.29) is 15.8 Å². The third-order valence-electron chi connectivity index (χ3n) is 3.33. The van der Waals surface area contributed by atoms with E-state index < -0.39 is 5.82 Å². The van der Waals surface area contributed by atoms with Crippen molar-refractivity contribution in [3.8, 4) is 5.75 Å². The molecule has 3 rings (SSSR count). The Hall–Kier alpha value is -2.14. The lowest BCUT2D eigenvalue weighted by Crippen LogP contribution is -2.04. The van der Waals surface area contributed by atoms with E-state index in [1.54, 1.807) is 24.4 Å². The molecule has 0 unspecified atom stereocenters. The molecule has 1 heterocycles. The average molecular weight is 348 g/mol. The summed E-state index contributed by atoms with van der Waals surface area (Å²) in [5.74, 6) is -0.371. The van der Waals surface area contributed by atoms with E-state index in [1.165, 1.54) is 13.2 Å². The zero-order valence-electron chi connectivity index (χ0n) is 11.1. The molecule has 0 atom stereocenters.